The predicted octanol–water partition coefficient (Wildman–Crippen LogP) is 1.38. The van der Waals surface area contributed by atoms with Crippen LogP contribution in [0.4, 0.5) is 0 Å². The zero-order valence-corrected chi connectivity index (χ0v) is 12.7. The number of nitrogens with zero attached hydrogens (tertiary/aromatic N) is 1. The van der Waals surface area contributed by atoms with E-state index < -0.39 is 23.7 Å². The molecular weight excluding hydrogens is 314 g/mol. The summed E-state index contributed by atoms with van der Waals surface area (Å²) in [4.78, 5) is 40.2. The fourth-order valence-corrected chi connectivity index (χ4v) is 2.58. The van der Waals surface area contributed by atoms with E-state index in [4.69, 9.17) is 9.25 Å². The molecule has 0 saturated carbocycles. The summed E-state index contributed by atoms with van der Waals surface area (Å²) in [7, 11) is 0. The lowest BCUT2D eigenvalue weighted by Gasteiger charge is -2.18. The van der Waals surface area contributed by atoms with Crippen LogP contribution in [-0.4, -0.2) is 28.3 Å². The molecule has 1 saturated heterocycles. The van der Waals surface area contributed by atoms with Crippen LogP contribution in [0, 0.1) is 0 Å². The molecule has 2 heterocycles. The van der Waals surface area contributed by atoms with Gasteiger partial charge in [0.25, 0.3) is 5.91 Å². The van der Waals surface area contributed by atoms with Crippen molar-refractivity contribution in [3.05, 3.63) is 52.4 Å². The minimum Gasteiger partial charge on any atom is -0.423 e. The zero-order chi connectivity index (χ0) is 17.3. The van der Waals surface area contributed by atoms with Crippen molar-refractivity contribution in [2.75, 3.05) is 0 Å². The number of hydroxylamine groups is 2. The van der Waals surface area contributed by atoms with E-state index in [0.717, 1.165) is 5.56 Å². The summed E-state index contributed by atoms with van der Waals surface area (Å²) in [5, 5.41) is 10.9. The minimum atomic E-state index is -1.13. The molecule has 124 valence electrons. The van der Waals surface area contributed by atoms with Gasteiger partial charge in [0.15, 0.2) is 6.23 Å². The molecule has 1 aliphatic heterocycles. The lowest BCUT2D eigenvalue weighted by atomic mass is 10.1. The van der Waals surface area contributed by atoms with Crippen LogP contribution in [0.1, 0.15) is 24.0 Å². The Bertz CT molecular complexity index is 884. The highest BCUT2D eigenvalue weighted by Gasteiger charge is 2.33. The standard InChI is InChI=1S/C17H15NO6/c1-2-10-3-4-12-11(8-16(21)23-13(12)7-10)9-17(22)24-18-14(19)5-6-15(18)20/h2-4,7-8,14,19H,1,5-6,9H2. The van der Waals surface area contributed by atoms with Crippen LogP contribution < -0.4 is 5.63 Å². The van der Waals surface area contributed by atoms with Crippen molar-refractivity contribution < 1.29 is 24.0 Å². The summed E-state index contributed by atoms with van der Waals surface area (Å²) < 4.78 is 5.13. The summed E-state index contributed by atoms with van der Waals surface area (Å²) in [6.45, 7) is 3.65. The van der Waals surface area contributed by atoms with Crippen molar-refractivity contribution in [2.24, 2.45) is 0 Å². The molecule has 1 fully saturated rings. The molecule has 1 amide bonds. The number of carbonyl (C=O) groups is 2. The number of hydrogen-bond donors (Lipinski definition) is 1. The lowest BCUT2D eigenvalue weighted by Crippen LogP contribution is -2.35. The van der Waals surface area contributed by atoms with E-state index in [-0.39, 0.29) is 19.3 Å². The molecule has 0 bridgehead atoms. The molecule has 24 heavy (non-hydrogen) atoms. The molecule has 1 aliphatic rings. The summed E-state index contributed by atoms with van der Waals surface area (Å²) in [6.07, 6.45) is 0.590. The van der Waals surface area contributed by atoms with E-state index in [2.05, 4.69) is 6.58 Å². The molecule has 1 N–H and O–H groups in total. The zero-order valence-electron chi connectivity index (χ0n) is 12.7. The Hall–Kier alpha value is -2.93. The van der Waals surface area contributed by atoms with Gasteiger partial charge in [0.05, 0.1) is 6.42 Å². The Morgan fingerprint density at radius 1 is 1.42 bits per heavy atom. The van der Waals surface area contributed by atoms with Gasteiger partial charge in [-0.25, -0.2) is 9.59 Å². The first-order chi connectivity index (χ1) is 11.5. The fourth-order valence-electron chi connectivity index (χ4n) is 2.58. The van der Waals surface area contributed by atoms with Crippen molar-refractivity contribution in [1.29, 1.82) is 0 Å². The van der Waals surface area contributed by atoms with Gasteiger partial charge in [-0.15, -0.1) is 5.06 Å². The molecule has 1 atom stereocenters. The van der Waals surface area contributed by atoms with E-state index in [1.54, 1.807) is 24.3 Å². The molecule has 0 radical (unpaired) electrons. The molecular formula is C17H15NO6. The van der Waals surface area contributed by atoms with Gasteiger partial charge < -0.3 is 14.4 Å². The highest BCUT2D eigenvalue weighted by atomic mass is 16.7. The molecule has 1 unspecified atom stereocenters. The van der Waals surface area contributed by atoms with Gasteiger partial charge in [-0.2, -0.15) is 0 Å². The molecule has 7 heteroatoms. The van der Waals surface area contributed by atoms with Gasteiger partial charge in [-0.05, 0) is 17.2 Å². The maximum absolute atomic E-state index is 12.1. The van der Waals surface area contributed by atoms with Crippen molar-refractivity contribution in [1.82, 2.24) is 5.06 Å². The van der Waals surface area contributed by atoms with E-state index in [9.17, 15) is 19.5 Å². The summed E-state index contributed by atoms with van der Waals surface area (Å²) in [5.41, 5.74) is 0.933. The van der Waals surface area contributed by atoms with Crippen molar-refractivity contribution >= 4 is 28.9 Å². The van der Waals surface area contributed by atoms with Gasteiger partial charge in [0.2, 0.25) is 0 Å². The van der Waals surface area contributed by atoms with Gasteiger partial charge in [0.1, 0.15) is 5.58 Å². The maximum atomic E-state index is 12.1. The van der Waals surface area contributed by atoms with E-state index >= 15 is 0 Å². The Labute approximate surface area is 136 Å². The average molecular weight is 329 g/mol. The van der Waals surface area contributed by atoms with Gasteiger partial charge in [-0.1, -0.05) is 24.8 Å². The van der Waals surface area contributed by atoms with E-state index in [0.29, 0.717) is 21.6 Å². The number of aliphatic hydroxyl groups excluding tert-OH is 1. The molecule has 3 rings (SSSR count). The lowest BCUT2D eigenvalue weighted by molar-refractivity contribution is -0.220. The number of rotatable bonds is 4. The number of carbonyl (C=O) groups excluding carboxylic acids is 2. The number of aliphatic hydroxyl groups is 1. The first kappa shape index (κ1) is 15.9. The molecule has 7 nitrogen and oxygen atoms in total. The molecule has 0 aliphatic carbocycles. The molecule has 0 spiro atoms. The largest absolute Gasteiger partial charge is 0.423 e. The van der Waals surface area contributed by atoms with Gasteiger partial charge in [0, 0.05) is 24.3 Å². The second-order valence-electron chi connectivity index (χ2n) is 5.43. The Morgan fingerprint density at radius 2 is 2.21 bits per heavy atom. The third-order valence-electron chi connectivity index (χ3n) is 3.76. The van der Waals surface area contributed by atoms with Crippen LogP contribution in [-0.2, 0) is 20.8 Å². The third-order valence-corrected chi connectivity index (χ3v) is 3.76. The predicted molar refractivity (Wildman–Crippen MR) is 84.5 cm³/mol. The van der Waals surface area contributed by atoms with Crippen LogP contribution in [0.5, 0.6) is 0 Å². The maximum Gasteiger partial charge on any atom is 0.337 e. The van der Waals surface area contributed by atoms with Crippen LogP contribution >= 0.6 is 0 Å². The van der Waals surface area contributed by atoms with E-state index in [1.807, 2.05) is 0 Å². The number of benzene rings is 1. The third kappa shape index (κ3) is 3.07. The Kier molecular flexibility index (Phi) is 4.18. The highest BCUT2D eigenvalue weighted by molar-refractivity contribution is 5.87. The number of amides is 1. The molecule has 1 aromatic carbocycles. The van der Waals surface area contributed by atoms with Crippen LogP contribution in [0.15, 0.2) is 40.1 Å². The smallest absolute Gasteiger partial charge is 0.337 e. The SMILES string of the molecule is C=Cc1ccc2c(CC(=O)ON3C(=O)CCC3O)cc(=O)oc2c1. The van der Waals surface area contributed by atoms with E-state index in [1.165, 1.54) is 6.07 Å². The second-order valence-corrected chi connectivity index (χ2v) is 5.43. The average Bonchev–Trinajstić information content (AvgIpc) is 2.86. The van der Waals surface area contributed by atoms with Gasteiger partial charge in [-0.3, -0.25) is 4.79 Å². The monoisotopic (exact) mass is 329 g/mol. The highest BCUT2D eigenvalue weighted by Crippen LogP contribution is 2.21. The molecule has 1 aromatic heterocycles. The minimum absolute atomic E-state index is 0.122. The topological polar surface area (TPSA) is 97.0 Å². The number of fused-ring (bicyclic) bond motifs is 1. The Balaban J connectivity index is 1.86. The van der Waals surface area contributed by atoms with Crippen LogP contribution in [0.3, 0.4) is 0 Å². The molecule has 2 aromatic rings. The first-order valence-electron chi connectivity index (χ1n) is 7.38. The van der Waals surface area contributed by atoms with Crippen molar-refractivity contribution in [2.45, 2.75) is 25.5 Å². The second kappa shape index (κ2) is 6.29. The van der Waals surface area contributed by atoms with Gasteiger partial charge >= 0.3 is 11.6 Å². The van der Waals surface area contributed by atoms with Crippen molar-refractivity contribution in [3.8, 4) is 0 Å². The number of hydrogen-bond acceptors (Lipinski definition) is 6. The summed E-state index contributed by atoms with van der Waals surface area (Å²) >= 11 is 0. The summed E-state index contributed by atoms with van der Waals surface area (Å²) in [6, 6.07) is 6.34. The summed E-state index contributed by atoms with van der Waals surface area (Å²) in [5.74, 6) is -1.20. The Morgan fingerprint density at radius 3 is 2.88 bits per heavy atom. The first-order valence-corrected chi connectivity index (χ1v) is 7.38. The van der Waals surface area contributed by atoms with Crippen LogP contribution in [0.25, 0.3) is 17.0 Å². The van der Waals surface area contributed by atoms with Crippen LogP contribution in [0.2, 0.25) is 0 Å². The quantitative estimate of drug-likeness (QED) is 0.851. The normalized spacial score (nSPS) is 17.3. The fraction of sp³-hybridized carbons (Fsp3) is 0.235. The van der Waals surface area contributed by atoms with Crippen molar-refractivity contribution in [3.63, 3.8) is 0 Å².